The summed E-state index contributed by atoms with van der Waals surface area (Å²) in [5.41, 5.74) is 0.301. The van der Waals surface area contributed by atoms with Crippen LogP contribution in [-0.4, -0.2) is 36.7 Å². The van der Waals surface area contributed by atoms with Gasteiger partial charge >= 0.3 is 0 Å². The van der Waals surface area contributed by atoms with Crippen molar-refractivity contribution in [1.29, 1.82) is 0 Å². The van der Waals surface area contributed by atoms with Gasteiger partial charge in [-0.05, 0) is 20.8 Å². The van der Waals surface area contributed by atoms with Crippen LogP contribution in [0.2, 0.25) is 0 Å². The highest BCUT2D eigenvalue weighted by atomic mass is 16.5. The zero-order valence-electron chi connectivity index (χ0n) is 9.63. The number of hydrogen-bond donors (Lipinski definition) is 0. The molecule has 0 aliphatic carbocycles. The molecule has 1 saturated heterocycles. The molecule has 1 atom stereocenters. The molecule has 0 unspecified atom stereocenters. The molecule has 0 N–H and O–H groups in total. The average Bonchev–Trinajstić information content (AvgIpc) is 2.11. The minimum absolute atomic E-state index is 0.301. The zero-order valence-corrected chi connectivity index (χ0v) is 9.63. The summed E-state index contributed by atoms with van der Waals surface area (Å²) in [6.45, 7) is 14.3. The molecule has 1 heterocycles. The second-order valence-electron chi connectivity index (χ2n) is 5.31. The predicted octanol–water partition coefficient (Wildman–Crippen LogP) is 2.14. The molecule has 0 saturated carbocycles. The number of hydrogen-bond acceptors (Lipinski definition) is 2. The molecular formula is C11H23NO. The molecule has 0 aromatic carbocycles. The van der Waals surface area contributed by atoms with Gasteiger partial charge in [-0.1, -0.05) is 13.8 Å². The van der Waals surface area contributed by atoms with Crippen LogP contribution in [0, 0.1) is 5.41 Å². The Labute approximate surface area is 82.3 Å². The van der Waals surface area contributed by atoms with Crippen molar-refractivity contribution in [2.75, 3.05) is 19.7 Å². The quantitative estimate of drug-likeness (QED) is 0.620. The molecule has 1 fully saturated rings. The van der Waals surface area contributed by atoms with E-state index in [9.17, 15) is 0 Å². The van der Waals surface area contributed by atoms with Crippen molar-refractivity contribution in [3.05, 3.63) is 0 Å². The fourth-order valence-corrected chi connectivity index (χ4v) is 1.80. The summed E-state index contributed by atoms with van der Waals surface area (Å²) < 4.78 is 5.76. The van der Waals surface area contributed by atoms with E-state index < -0.39 is 0 Å². The first-order chi connectivity index (χ1) is 5.91. The molecule has 13 heavy (non-hydrogen) atoms. The van der Waals surface area contributed by atoms with E-state index in [1.54, 1.807) is 0 Å². The maximum atomic E-state index is 5.76. The van der Waals surface area contributed by atoms with Crippen LogP contribution in [0.3, 0.4) is 0 Å². The third-order valence-corrected chi connectivity index (χ3v) is 2.61. The standard InChI is InChI=1S/C11H23NO/c1-9(2)12-6-10(3)13-8-11(4,5)7-12/h9-10H,6-8H2,1-5H3/t10-/m0/s1. The van der Waals surface area contributed by atoms with Crippen LogP contribution in [0.5, 0.6) is 0 Å². The summed E-state index contributed by atoms with van der Waals surface area (Å²) in [5, 5.41) is 0. The Bertz CT molecular complexity index is 165. The molecule has 78 valence electrons. The third-order valence-electron chi connectivity index (χ3n) is 2.61. The molecule has 0 bridgehead atoms. The van der Waals surface area contributed by atoms with Gasteiger partial charge in [0.15, 0.2) is 0 Å². The molecule has 1 rings (SSSR count). The molecule has 2 nitrogen and oxygen atoms in total. The first-order valence-electron chi connectivity index (χ1n) is 5.26. The number of rotatable bonds is 1. The van der Waals surface area contributed by atoms with Crippen molar-refractivity contribution in [1.82, 2.24) is 4.90 Å². The Hall–Kier alpha value is -0.0800. The molecule has 0 spiro atoms. The lowest BCUT2D eigenvalue weighted by Gasteiger charge is -2.31. The Morgan fingerprint density at radius 3 is 2.54 bits per heavy atom. The van der Waals surface area contributed by atoms with Gasteiger partial charge in [-0.25, -0.2) is 0 Å². The fraction of sp³-hybridized carbons (Fsp3) is 1.00. The lowest BCUT2D eigenvalue weighted by molar-refractivity contribution is 0.0357. The fourth-order valence-electron chi connectivity index (χ4n) is 1.80. The molecule has 1 aliphatic rings. The van der Waals surface area contributed by atoms with Crippen molar-refractivity contribution in [3.8, 4) is 0 Å². The van der Waals surface area contributed by atoms with E-state index in [4.69, 9.17) is 4.74 Å². The van der Waals surface area contributed by atoms with Gasteiger partial charge < -0.3 is 4.74 Å². The topological polar surface area (TPSA) is 12.5 Å². The van der Waals surface area contributed by atoms with E-state index in [1.165, 1.54) is 0 Å². The summed E-state index contributed by atoms with van der Waals surface area (Å²) in [6.07, 6.45) is 0.379. The highest BCUT2D eigenvalue weighted by molar-refractivity contribution is 4.80. The zero-order chi connectivity index (χ0) is 10.1. The highest BCUT2D eigenvalue weighted by Crippen LogP contribution is 2.23. The maximum Gasteiger partial charge on any atom is 0.0674 e. The predicted molar refractivity (Wildman–Crippen MR) is 55.9 cm³/mol. The van der Waals surface area contributed by atoms with E-state index in [1.807, 2.05) is 0 Å². The maximum absolute atomic E-state index is 5.76. The van der Waals surface area contributed by atoms with E-state index in [2.05, 4.69) is 39.5 Å². The summed E-state index contributed by atoms with van der Waals surface area (Å²) in [7, 11) is 0. The Kier molecular flexibility index (Phi) is 3.36. The second-order valence-corrected chi connectivity index (χ2v) is 5.31. The normalized spacial score (nSPS) is 30.5. The molecular weight excluding hydrogens is 162 g/mol. The number of ether oxygens (including phenoxy) is 1. The van der Waals surface area contributed by atoms with Gasteiger partial charge in [0.05, 0.1) is 12.7 Å². The minimum Gasteiger partial charge on any atom is -0.377 e. The summed E-state index contributed by atoms with van der Waals surface area (Å²) in [6, 6.07) is 0.628. The third kappa shape index (κ3) is 3.28. The van der Waals surface area contributed by atoms with Crippen LogP contribution < -0.4 is 0 Å². The van der Waals surface area contributed by atoms with E-state index >= 15 is 0 Å². The second kappa shape index (κ2) is 3.97. The van der Waals surface area contributed by atoms with Gasteiger partial charge in [0.2, 0.25) is 0 Å². The average molecular weight is 185 g/mol. The monoisotopic (exact) mass is 185 g/mol. The van der Waals surface area contributed by atoms with Gasteiger partial charge in [0.1, 0.15) is 0 Å². The van der Waals surface area contributed by atoms with Crippen molar-refractivity contribution in [2.24, 2.45) is 5.41 Å². The van der Waals surface area contributed by atoms with Crippen LogP contribution >= 0.6 is 0 Å². The minimum atomic E-state index is 0.301. The first-order valence-corrected chi connectivity index (χ1v) is 5.26. The SMILES string of the molecule is CC(C)N1C[C@H](C)OCC(C)(C)C1. The molecule has 2 heteroatoms. The lowest BCUT2D eigenvalue weighted by Crippen LogP contribution is -2.40. The first kappa shape index (κ1) is 11.0. The van der Waals surface area contributed by atoms with Gasteiger partial charge in [-0.15, -0.1) is 0 Å². The largest absolute Gasteiger partial charge is 0.377 e. The summed E-state index contributed by atoms with van der Waals surface area (Å²) in [5.74, 6) is 0. The molecule has 1 aliphatic heterocycles. The van der Waals surface area contributed by atoms with Crippen LogP contribution in [0.1, 0.15) is 34.6 Å². The van der Waals surface area contributed by atoms with Crippen LogP contribution in [0.15, 0.2) is 0 Å². The van der Waals surface area contributed by atoms with Crippen LogP contribution in [0.25, 0.3) is 0 Å². The summed E-state index contributed by atoms with van der Waals surface area (Å²) >= 11 is 0. The van der Waals surface area contributed by atoms with Gasteiger partial charge in [-0.3, -0.25) is 4.90 Å². The molecule has 0 amide bonds. The Balaban J connectivity index is 2.63. The highest BCUT2D eigenvalue weighted by Gasteiger charge is 2.28. The van der Waals surface area contributed by atoms with Crippen molar-refractivity contribution in [3.63, 3.8) is 0 Å². The van der Waals surface area contributed by atoms with Crippen LogP contribution in [0.4, 0.5) is 0 Å². The summed E-state index contributed by atoms with van der Waals surface area (Å²) in [4.78, 5) is 2.51. The molecule has 0 aromatic rings. The van der Waals surface area contributed by atoms with E-state index in [0.717, 1.165) is 19.7 Å². The Morgan fingerprint density at radius 1 is 1.38 bits per heavy atom. The lowest BCUT2D eigenvalue weighted by atomic mass is 9.94. The molecule has 0 aromatic heterocycles. The number of nitrogens with zero attached hydrogens (tertiary/aromatic N) is 1. The smallest absolute Gasteiger partial charge is 0.0674 e. The van der Waals surface area contributed by atoms with Gasteiger partial charge in [0, 0.05) is 24.5 Å². The van der Waals surface area contributed by atoms with Crippen LogP contribution in [-0.2, 0) is 4.74 Å². The van der Waals surface area contributed by atoms with Gasteiger partial charge in [0.25, 0.3) is 0 Å². The Morgan fingerprint density at radius 2 is 2.00 bits per heavy atom. The van der Waals surface area contributed by atoms with E-state index in [0.29, 0.717) is 17.6 Å². The van der Waals surface area contributed by atoms with Crippen molar-refractivity contribution >= 4 is 0 Å². The van der Waals surface area contributed by atoms with Crippen molar-refractivity contribution in [2.45, 2.75) is 46.8 Å². The van der Waals surface area contributed by atoms with Gasteiger partial charge in [-0.2, -0.15) is 0 Å². The van der Waals surface area contributed by atoms with E-state index in [-0.39, 0.29) is 0 Å². The molecule has 0 radical (unpaired) electrons. The van der Waals surface area contributed by atoms with Crippen molar-refractivity contribution < 1.29 is 4.74 Å².